The lowest BCUT2D eigenvalue weighted by Crippen LogP contribution is -2.45. The van der Waals surface area contributed by atoms with Crippen LogP contribution in [-0.2, 0) is 11.3 Å². The first-order valence-corrected chi connectivity index (χ1v) is 7.78. The van der Waals surface area contributed by atoms with Crippen molar-refractivity contribution in [3.63, 3.8) is 0 Å². The van der Waals surface area contributed by atoms with Crippen LogP contribution in [0.4, 0.5) is 0 Å². The molecule has 0 bridgehead atoms. The topological polar surface area (TPSA) is 110 Å². The molecule has 1 amide bonds. The lowest BCUT2D eigenvalue weighted by molar-refractivity contribution is -0.122. The van der Waals surface area contributed by atoms with E-state index in [9.17, 15) is 14.4 Å². The molecule has 0 fully saturated rings. The average molecular weight is 355 g/mol. The lowest BCUT2D eigenvalue weighted by atomic mass is 10.1. The van der Waals surface area contributed by atoms with Gasteiger partial charge in [-0.1, -0.05) is 31.9 Å². The van der Waals surface area contributed by atoms with Crippen LogP contribution in [0.25, 0.3) is 10.9 Å². The molecule has 0 spiro atoms. The van der Waals surface area contributed by atoms with Crippen molar-refractivity contribution in [2.45, 2.75) is 38.8 Å². The summed E-state index contributed by atoms with van der Waals surface area (Å²) in [7, 11) is 0. The second kappa shape index (κ2) is 9.24. The summed E-state index contributed by atoms with van der Waals surface area (Å²) in [4.78, 5) is 39.1. The van der Waals surface area contributed by atoms with Gasteiger partial charge in [-0.2, -0.15) is 0 Å². The Bertz CT molecular complexity index is 800. The lowest BCUT2D eigenvalue weighted by Gasteiger charge is -2.16. The smallest absolute Gasteiger partial charge is 0.329 e. The first kappa shape index (κ1) is 19.9. The van der Waals surface area contributed by atoms with E-state index in [1.54, 1.807) is 24.3 Å². The van der Waals surface area contributed by atoms with Crippen LogP contribution in [0.15, 0.2) is 33.9 Å². The summed E-state index contributed by atoms with van der Waals surface area (Å²) >= 11 is 0. The molecule has 0 aliphatic rings. The van der Waals surface area contributed by atoms with Gasteiger partial charge >= 0.3 is 5.69 Å². The summed E-state index contributed by atoms with van der Waals surface area (Å²) in [5.41, 5.74) is 5.03. The number of nitrogens with zero attached hydrogens (tertiary/aromatic N) is 1. The van der Waals surface area contributed by atoms with Crippen molar-refractivity contribution in [1.82, 2.24) is 14.9 Å². The molecule has 4 N–H and O–H groups in total. The molecule has 8 heteroatoms. The zero-order chi connectivity index (χ0) is 16.8. The van der Waals surface area contributed by atoms with Crippen LogP contribution in [0, 0.1) is 0 Å². The SMILES string of the molecule is CCCCC(CN)NC(=O)Cn1c(=O)[nH]c2ccccc2c1=O.Cl. The van der Waals surface area contributed by atoms with Crippen molar-refractivity contribution in [3.05, 3.63) is 45.1 Å². The van der Waals surface area contributed by atoms with E-state index in [2.05, 4.69) is 17.2 Å². The van der Waals surface area contributed by atoms with Crippen LogP contribution in [0.2, 0.25) is 0 Å². The Hall–Kier alpha value is -2.12. The molecule has 0 saturated heterocycles. The minimum Gasteiger partial charge on any atom is -0.351 e. The maximum atomic E-state index is 12.4. The first-order chi connectivity index (χ1) is 11.1. The molecule has 1 unspecified atom stereocenters. The zero-order valence-electron chi connectivity index (χ0n) is 13.6. The van der Waals surface area contributed by atoms with Gasteiger partial charge < -0.3 is 16.0 Å². The Morgan fingerprint density at radius 3 is 2.71 bits per heavy atom. The molecule has 0 saturated carbocycles. The number of H-pyrrole nitrogens is 1. The summed E-state index contributed by atoms with van der Waals surface area (Å²) in [5.74, 6) is -0.389. The number of hydrogen-bond donors (Lipinski definition) is 3. The highest BCUT2D eigenvalue weighted by molar-refractivity contribution is 5.85. The van der Waals surface area contributed by atoms with E-state index in [1.165, 1.54) is 0 Å². The number of amides is 1. The van der Waals surface area contributed by atoms with E-state index in [0.29, 0.717) is 17.4 Å². The van der Waals surface area contributed by atoms with Gasteiger partial charge in [0, 0.05) is 12.6 Å². The van der Waals surface area contributed by atoms with Gasteiger partial charge in [0.25, 0.3) is 5.56 Å². The Balaban J connectivity index is 0.00000288. The number of aromatic amines is 1. The highest BCUT2D eigenvalue weighted by Crippen LogP contribution is 2.03. The summed E-state index contributed by atoms with van der Waals surface area (Å²) in [6.07, 6.45) is 2.75. The van der Waals surface area contributed by atoms with Crippen LogP contribution in [0.3, 0.4) is 0 Å². The van der Waals surface area contributed by atoms with Crippen LogP contribution >= 0.6 is 12.4 Å². The number of fused-ring (bicyclic) bond motifs is 1. The molecule has 0 aliphatic heterocycles. The minimum absolute atomic E-state index is 0. The number of nitrogens with two attached hydrogens (primary N) is 1. The minimum atomic E-state index is -0.596. The molecule has 0 radical (unpaired) electrons. The molecular formula is C16H23ClN4O3. The number of halogens is 1. The highest BCUT2D eigenvalue weighted by atomic mass is 35.5. The van der Waals surface area contributed by atoms with E-state index in [1.807, 2.05) is 0 Å². The van der Waals surface area contributed by atoms with Crippen LogP contribution in [0.1, 0.15) is 26.2 Å². The molecule has 7 nitrogen and oxygen atoms in total. The maximum absolute atomic E-state index is 12.4. The fraction of sp³-hybridized carbons (Fsp3) is 0.438. The van der Waals surface area contributed by atoms with Crippen LogP contribution in [-0.4, -0.2) is 28.0 Å². The van der Waals surface area contributed by atoms with Gasteiger partial charge in [-0.15, -0.1) is 12.4 Å². The number of unbranched alkanes of at least 4 members (excludes halogenated alkanes) is 1. The van der Waals surface area contributed by atoms with Crippen LogP contribution < -0.4 is 22.3 Å². The number of nitrogens with one attached hydrogen (secondary N) is 2. The van der Waals surface area contributed by atoms with Gasteiger partial charge in [0.2, 0.25) is 5.91 Å². The summed E-state index contributed by atoms with van der Waals surface area (Å²) < 4.78 is 0.908. The van der Waals surface area contributed by atoms with E-state index in [4.69, 9.17) is 5.73 Å². The standard InChI is InChI=1S/C16H22N4O3.ClH/c1-2-3-6-11(9-17)18-14(21)10-20-15(22)12-7-4-5-8-13(12)19-16(20)23;/h4-5,7-8,11H,2-3,6,9-10,17H2,1H3,(H,18,21)(H,19,23);1H. The number of para-hydroxylation sites is 1. The monoisotopic (exact) mass is 354 g/mol. The molecule has 1 aromatic heterocycles. The molecule has 1 atom stereocenters. The molecule has 132 valence electrons. The Labute approximate surface area is 145 Å². The molecule has 2 rings (SSSR count). The van der Waals surface area contributed by atoms with Crippen molar-refractivity contribution in [3.8, 4) is 0 Å². The fourth-order valence-electron chi connectivity index (χ4n) is 2.46. The maximum Gasteiger partial charge on any atom is 0.329 e. The number of rotatable bonds is 7. The Morgan fingerprint density at radius 2 is 2.04 bits per heavy atom. The Kier molecular flexibility index (Phi) is 7.67. The number of carbonyl (C=O) groups excluding carboxylic acids is 1. The average Bonchev–Trinajstić information content (AvgIpc) is 2.55. The predicted octanol–water partition coefficient (Wildman–Crippen LogP) is 0.745. The van der Waals surface area contributed by atoms with E-state index in [0.717, 1.165) is 23.8 Å². The third-order valence-electron chi connectivity index (χ3n) is 3.75. The van der Waals surface area contributed by atoms with Crippen molar-refractivity contribution in [2.75, 3.05) is 6.54 Å². The zero-order valence-corrected chi connectivity index (χ0v) is 14.4. The first-order valence-electron chi connectivity index (χ1n) is 7.78. The molecule has 1 heterocycles. The van der Waals surface area contributed by atoms with E-state index >= 15 is 0 Å². The summed E-state index contributed by atoms with van der Waals surface area (Å²) in [5, 5.41) is 3.15. The van der Waals surface area contributed by atoms with Crippen molar-refractivity contribution in [1.29, 1.82) is 0 Å². The second-order valence-corrected chi connectivity index (χ2v) is 5.51. The largest absolute Gasteiger partial charge is 0.351 e. The summed E-state index contributed by atoms with van der Waals surface area (Å²) in [6.45, 7) is 2.07. The molecular weight excluding hydrogens is 332 g/mol. The fourth-order valence-corrected chi connectivity index (χ4v) is 2.46. The third-order valence-corrected chi connectivity index (χ3v) is 3.75. The number of hydrogen-bond acceptors (Lipinski definition) is 4. The van der Waals surface area contributed by atoms with Gasteiger partial charge in [-0.3, -0.25) is 14.2 Å². The second-order valence-electron chi connectivity index (χ2n) is 5.51. The number of aromatic nitrogens is 2. The van der Waals surface area contributed by atoms with Crippen molar-refractivity contribution in [2.24, 2.45) is 5.73 Å². The molecule has 2 aromatic rings. The van der Waals surface area contributed by atoms with E-state index < -0.39 is 11.2 Å². The van der Waals surface area contributed by atoms with Crippen molar-refractivity contribution < 1.29 is 4.79 Å². The third kappa shape index (κ3) is 4.69. The molecule has 1 aromatic carbocycles. The van der Waals surface area contributed by atoms with Gasteiger partial charge in [0.05, 0.1) is 10.9 Å². The number of benzene rings is 1. The van der Waals surface area contributed by atoms with Gasteiger partial charge in [-0.25, -0.2) is 4.79 Å². The number of carbonyl (C=O) groups is 1. The van der Waals surface area contributed by atoms with E-state index in [-0.39, 0.29) is 30.9 Å². The van der Waals surface area contributed by atoms with Crippen molar-refractivity contribution >= 4 is 29.2 Å². The normalized spacial score (nSPS) is 11.8. The molecule has 24 heavy (non-hydrogen) atoms. The summed E-state index contributed by atoms with van der Waals surface area (Å²) in [6, 6.07) is 6.57. The molecule has 0 aliphatic carbocycles. The van der Waals surface area contributed by atoms with Gasteiger partial charge in [-0.05, 0) is 18.6 Å². The Morgan fingerprint density at radius 1 is 1.33 bits per heavy atom. The predicted molar refractivity (Wildman–Crippen MR) is 96.6 cm³/mol. The van der Waals surface area contributed by atoms with Gasteiger partial charge in [0.1, 0.15) is 6.54 Å². The van der Waals surface area contributed by atoms with Gasteiger partial charge in [0.15, 0.2) is 0 Å². The highest BCUT2D eigenvalue weighted by Gasteiger charge is 2.14. The quantitative estimate of drug-likeness (QED) is 0.681. The van der Waals surface area contributed by atoms with Crippen LogP contribution in [0.5, 0.6) is 0 Å².